The van der Waals surface area contributed by atoms with Gasteiger partial charge in [0.05, 0.1) is 15.6 Å². The molecule has 0 radical (unpaired) electrons. The monoisotopic (exact) mass is 322 g/mol. The highest BCUT2D eigenvalue weighted by atomic mass is 35.5. The highest BCUT2D eigenvalue weighted by Gasteiger charge is 2.25. The van der Waals surface area contributed by atoms with E-state index in [-0.39, 0.29) is 29.2 Å². The van der Waals surface area contributed by atoms with Gasteiger partial charge in [-0.15, -0.1) is 12.4 Å². The first kappa shape index (κ1) is 15.9. The summed E-state index contributed by atoms with van der Waals surface area (Å²) in [7, 11) is 0. The molecule has 6 nitrogen and oxygen atoms in total. The van der Waals surface area contributed by atoms with Gasteiger partial charge in [-0.25, -0.2) is 0 Å². The van der Waals surface area contributed by atoms with E-state index in [1.165, 1.54) is 18.2 Å². The summed E-state index contributed by atoms with van der Waals surface area (Å²) in [6.07, 6.45) is 0. The summed E-state index contributed by atoms with van der Waals surface area (Å²) in [5.41, 5.74) is 6.15. The Kier molecular flexibility index (Phi) is 5.30. The van der Waals surface area contributed by atoms with Gasteiger partial charge in [-0.1, -0.05) is 11.6 Å². The molecular formula is C10H12Cl2N4O2S. The van der Waals surface area contributed by atoms with Crippen LogP contribution in [0.4, 0.5) is 11.4 Å². The molecular weight excluding hydrogens is 311 g/mol. The van der Waals surface area contributed by atoms with E-state index >= 15 is 0 Å². The van der Waals surface area contributed by atoms with Crippen molar-refractivity contribution in [2.75, 3.05) is 18.4 Å². The lowest BCUT2D eigenvalue weighted by atomic mass is 10.1. The molecule has 3 N–H and O–H groups in total. The highest BCUT2D eigenvalue weighted by Crippen LogP contribution is 2.27. The number of anilines is 1. The number of halogens is 2. The molecule has 19 heavy (non-hydrogen) atoms. The van der Waals surface area contributed by atoms with Crippen LogP contribution in [0.3, 0.4) is 0 Å². The van der Waals surface area contributed by atoms with Crippen LogP contribution in [-0.2, 0) is 0 Å². The third-order valence-electron chi connectivity index (χ3n) is 2.60. The van der Waals surface area contributed by atoms with Crippen LogP contribution in [0.25, 0.3) is 0 Å². The van der Waals surface area contributed by atoms with Crippen molar-refractivity contribution in [3.63, 3.8) is 0 Å². The topological polar surface area (TPSA) is 84.4 Å². The molecule has 0 aliphatic carbocycles. The van der Waals surface area contributed by atoms with Crippen LogP contribution < -0.4 is 11.1 Å². The molecule has 0 unspecified atom stereocenters. The Morgan fingerprint density at radius 2 is 2.21 bits per heavy atom. The zero-order chi connectivity index (χ0) is 13.3. The second-order valence-electron chi connectivity index (χ2n) is 4.02. The predicted octanol–water partition coefficient (Wildman–Crippen LogP) is 2.01. The van der Waals surface area contributed by atoms with Crippen LogP contribution in [0.1, 0.15) is 0 Å². The summed E-state index contributed by atoms with van der Waals surface area (Å²) in [5, 5.41) is 14.3. The molecule has 1 fully saturated rings. The first-order chi connectivity index (χ1) is 8.47. The average Bonchev–Trinajstić information content (AvgIpc) is 2.27. The van der Waals surface area contributed by atoms with E-state index in [9.17, 15) is 10.1 Å². The molecule has 1 aliphatic heterocycles. The first-order valence-electron chi connectivity index (χ1n) is 5.23. The molecule has 0 saturated carbocycles. The van der Waals surface area contributed by atoms with E-state index in [4.69, 9.17) is 29.6 Å². The van der Waals surface area contributed by atoms with Gasteiger partial charge in [-0.3, -0.25) is 10.1 Å². The van der Waals surface area contributed by atoms with Crippen LogP contribution >= 0.6 is 36.2 Å². The Labute approximate surface area is 126 Å². The molecule has 9 heteroatoms. The van der Waals surface area contributed by atoms with Crippen molar-refractivity contribution in [1.82, 2.24) is 4.90 Å². The maximum absolute atomic E-state index is 10.6. The number of likely N-dealkylation sites (tertiary alicyclic amines) is 1. The van der Waals surface area contributed by atoms with Crippen molar-refractivity contribution in [2.24, 2.45) is 5.73 Å². The van der Waals surface area contributed by atoms with Crippen molar-refractivity contribution < 1.29 is 4.92 Å². The summed E-state index contributed by atoms with van der Waals surface area (Å²) in [6, 6.07) is 4.34. The molecule has 0 bridgehead atoms. The fraction of sp³-hybridized carbons (Fsp3) is 0.300. The third-order valence-corrected chi connectivity index (χ3v) is 3.28. The lowest BCUT2D eigenvalue weighted by Crippen LogP contribution is -2.58. The molecule has 1 aromatic rings. The summed E-state index contributed by atoms with van der Waals surface area (Å²) < 4.78 is 0. The Bertz CT molecular complexity index is 508. The molecule has 104 valence electrons. The molecule has 1 aromatic carbocycles. The van der Waals surface area contributed by atoms with Crippen molar-refractivity contribution in [3.05, 3.63) is 33.3 Å². The largest absolute Gasteiger partial charge is 0.346 e. The van der Waals surface area contributed by atoms with Gasteiger partial charge < -0.3 is 16.0 Å². The minimum atomic E-state index is -0.498. The number of hydrogen-bond acceptors (Lipinski definition) is 4. The number of nitro benzene ring substituents is 1. The van der Waals surface area contributed by atoms with Gasteiger partial charge in [0.15, 0.2) is 5.11 Å². The van der Waals surface area contributed by atoms with Gasteiger partial charge in [0.25, 0.3) is 5.69 Å². The summed E-state index contributed by atoms with van der Waals surface area (Å²) in [4.78, 5) is 12.0. The zero-order valence-corrected chi connectivity index (χ0v) is 12.1. The van der Waals surface area contributed by atoms with Crippen LogP contribution in [0.2, 0.25) is 5.02 Å². The van der Waals surface area contributed by atoms with E-state index in [1.54, 1.807) is 0 Å². The van der Waals surface area contributed by atoms with Crippen molar-refractivity contribution >= 4 is 52.7 Å². The number of nitro groups is 1. The van der Waals surface area contributed by atoms with E-state index in [2.05, 4.69) is 5.32 Å². The fourth-order valence-electron chi connectivity index (χ4n) is 1.59. The molecule has 0 atom stereocenters. The number of non-ortho nitro benzene ring substituents is 1. The number of nitrogens with zero attached hydrogens (tertiary/aromatic N) is 2. The quantitative estimate of drug-likeness (QED) is 0.492. The van der Waals surface area contributed by atoms with Gasteiger partial charge >= 0.3 is 0 Å². The summed E-state index contributed by atoms with van der Waals surface area (Å²) in [6.45, 7) is 1.41. The minimum absolute atomic E-state index is 0. The maximum Gasteiger partial charge on any atom is 0.271 e. The highest BCUT2D eigenvalue weighted by molar-refractivity contribution is 7.80. The van der Waals surface area contributed by atoms with Gasteiger partial charge in [0.2, 0.25) is 0 Å². The number of thiocarbonyl (C=S) groups is 1. The third kappa shape index (κ3) is 3.66. The average molecular weight is 323 g/mol. The van der Waals surface area contributed by atoms with E-state index in [0.29, 0.717) is 23.9 Å². The van der Waals surface area contributed by atoms with Crippen LogP contribution in [0, 0.1) is 10.1 Å². The molecule has 2 rings (SSSR count). The molecule has 1 aliphatic rings. The molecule has 0 amide bonds. The first-order valence-corrected chi connectivity index (χ1v) is 6.01. The predicted molar refractivity (Wildman–Crippen MR) is 81.1 cm³/mol. The Balaban J connectivity index is 0.00000180. The van der Waals surface area contributed by atoms with Crippen LogP contribution in [0.5, 0.6) is 0 Å². The minimum Gasteiger partial charge on any atom is -0.346 e. The lowest BCUT2D eigenvalue weighted by molar-refractivity contribution is -0.384. The van der Waals surface area contributed by atoms with E-state index in [0.717, 1.165) is 0 Å². The number of hydrogen-bond donors (Lipinski definition) is 2. The lowest BCUT2D eigenvalue weighted by Gasteiger charge is -2.38. The Hall–Kier alpha value is -1.15. The second kappa shape index (κ2) is 6.33. The number of rotatable bonds is 2. The zero-order valence-electron chi connectivity index (χ0n) is 9.71. The maximum atomic E-state index is 10.6. The van der Waals surface area contributed by atoms with Gasteiger partial charge in [0.1, 0.15) is 0 Å². The standard InChI is InChI=1S/C10H11ClN4O2S.ClH/c11-8-3-7(15(16)17)1-2-9(8)13-10(18)14-4-6(12)5-14;/h1-3,6H,4-5,12H2,(H,13,18);1H. The molecule has 0 aromatic heterocycles. The second-order valence-corrected chi connectivity index (χ2v) is 4.81. The fourth-order valence-corrected chi connectivity index (χ4v) is 2.07. The number of nitrogens with one attached hydrogen (secondary N) is 1. The van der Waals surface area contributed by atoms with Gasteiger partial charge in [0, 0.05) is 31.3 Å². The number of benzene rings is 1. The van der Waals surface area contributed by atoms with Gasteiger partial charge in [-0.2, -0.15) is 0 Å². The molecule has 0 spiro atoms. The summed E-state index contributed by atoms with van der Waals surface area (Å²) >= 11 is 11.1. The molecule has 1 heterocycles. The smallest absolute Gasteiger partial charge is 0.271 e. The molecule has 1 saturated heterocycles. The van der Waals surface area contributed by atoms with Crippen molar-refractivity contribution in [3.8, 4) is 0 Å². The van der Waals surface area contributed by atoms with Gasteiger partial charge in [-0.05, 0) is 18.3 Å². The Morgan fingerprint density at radius 1 is 1.58 bits per heavy atom. The van der Waals surface area contributed by atoms with Crippen LogP contribution in [0.15, 0.2) is 18.2 Å². The van der Waals surface area contributed by atoms with E-state index < -0.39 is 4.92 Å². The van der Waals surface area contributed by atoms with Crippen molar-refractivity contribution in [1.29, 1.82) is 0 Å². The SMILES string of the molecule is Cl.NC1CN(C(=S)Nc2ccc([N+](=O)[O-])cc2Cl)C1. The Morgan fingerprint density at radius 3 is 2.68 bits per heavy atom. The van der Waals surface area contributed by atoms with Crippen molar-refractivity contribution in [2.45, 2.75) is 6.04 Å². The summed E-state index contributed by atoms with van der Waals surface area (Å²) in [5.74, 6) is 0. The van der Waals surface area contributed by atoms with E-state index in [1.807, 2.05) is 4.90 Å². The number of nitrogens with two attached hydrogens (primary N) is 1. The van der Waals surface area contributed by atoms with Crippen LogP contribution in [-0.4, -0.2) is 34.1 Å². The normalized spacial score (nSPS) is 14.3.